The van der Waals surface area contributed by atoms with Crippen LogP contribution in [0.1, 0.15) is 13.8 Å². The van der Waals surface area contributed by atoms with Crippen molar-refractivity contribution < 1.29 is 18.2 Å². The Morgan fingerprint density at radius 1 is 1.05 bits per heavy atom. The average Bonchev–Trinajstić information content (AvgIpc) is 2.44. The van der Waals surface area contributed by atoms with E-state index < -0.39 is 11.3 Å². The van der Waals surface area contributed by atoms with Crippen LogP contribution in [0.5, 0.6) is 11.5 Å². The first-order chi connectivity index (χ1) is 9.97. The maximum absolute atomic E-state index is 11.5. The van der Waals surface area contributed by atoms with Gasteiger partial charge in [0.1, 0.15) is 0 Å². The highest BCUT2D eigenvalue weighted by atomic mass is 32.2. The molecular formula is C15H19NO4S. The molecule has 0 saturated carbocycles. The molecule has 2 aromatic rings. The van der Waals surface area contributed by atoms with E-state index in [1.54, 1.807) is 14.2 Å². The molecule has 1 atom stereocenters. The fourth-order valence-corrected chi connectivity index (χ4v) is 2.92. The predicted octanol–water partition coefficient (Wildman–Crippen LogP) is 3.21. The Hall–Kier alpha value is -1.79. The van der Waals surface area contributed by atoms with Gasteiger partial charge in [-0.25, -0.2) is 4.21 Å². The van der Waals surface area contributed by atoms with Crippen LogP contribution in [0.25, 0.3) is 10.8 Å². The lowest BCUT2D eigenvalue weighted by molar-refractivity contribution is 0.356. The van der Waals surface area contributed by atoms with Crippen LogP contribution in [0.4, 0.5) is 5.69 Å². The molecule has 114 valence electrons. The maximum Gasteiger partial charge on any atom is 0.262 e. The van der Waals surface area contributed by atoms with Gasteiger partial charge in [-0.2, -0.15) is 0 Å². The Bertz CT molecular complexity index is 672. The van der Waals surface area contributed by atoms with E-state index in [9.17, 15) is 8.76 Å². The first-order valence-corrected chi connectivity index (χ1v) is 7.60. The molecule has 2 aromatic carbocycles. The number of hydrogen-bond donors (Lipinski definition) is 1. The van der Waals surface area contributed by atoms with Gasteiger partial charge in [0, 0.05) is 6.04 Å². The van der Waals surface area contributed by atoms with E-state index in [0.29, 0.717) is 17.2 Å². The Labute approximate surface area is 126 Å². The number of ether oxygens (including phenoxy) is 2. The number of hydrogen-bond acceptors (Lipinski definition) is 3. The molecule has 0 amide bonds. The van der Waals surface area contributed by atoms with Crippen LogP contribution in [0.2, 0.25) is 0 Å². The third-order valence-corrected chi connectivity index (χ3v) is 4.19. The van der Waals surface area contributed by atoms with Crippen LogP contribution in [-0.2, 0) is 11.3 Å². The molecule has 0 heterocycles. The molecule has 0 bridgehead atoms. The van der Waals surface area contributed by atoms with Gasteiger partial charge < -0.3 is 9.47 Å². The normalized spacial score (nSPS) is 12.5. The van der Waals surface area contributed by atoms with Gasteiger partial charge in [-0.1, -0.05) is 6.07 Å². The Balaban J connectivity index is 2.57. The molecule has 1 unspecified atom stereocenters. The van der Waals surface area contributed by atoms with Crippen LogP contribution in [0.3, 0.4) is 0 Å². The monoisotopic (exact) mass is 309 g/mol. The van der Waals surface area contributed by atoms with Crippen molar-refractivity contribution in [2.75, 3.05) is 18.5 Å². The van der Waals surface area contributed by atoms with E-state index in [4.69, 9.17) is 9.47 Å². The maximum atomic E-state index is 11.5. The highest BCUT2D eigenvalue weighted by Gasteiger charge is 2.17. The summed E-state index contributed by atoms with van der Waals surface area (Å²) >= 11 is -2.06. The van der Waals surface area contributed by atoms with Crippen LogP contribution < -0.4 is 13.8 Å². The topological polar surface area (TPSA) is 59.0 Å². The molecule has 0 fully saturated rings. The van der Waals surface area contributed by atoms with Gasteiger partial charge in [0.25, 0.3) is 11.3 Å². The number of rotatable bonds is 5. The fraction of sp³-hybridized carbons (Fsp3) is 0.333. The Morgan fingerprint density at radius 2 is 1.62 bits per heavy atom. The second kappa shape index (κ2) is 6.32. The Kier molecular flexibility index (Phi) is 4.69. The van der Waals surface area contributed by atoms with Crippen LogP contribution in [-0.4, -0.2) is 29.0 Å². The third kappa shape index (κ3) is 3.11. The minimum Gasteiger partial charge on any atom is -0.493 e. The van der Waals surface area contributed by atoms with Crippen molar-refractivity contribution in [3.8, 4) is 11.5 Å². The van der Waals surface area contributed by atoms with Gasteiger partial charge in [-0.05, 0) is 48.9 Å². The van der Waals surface area contributed by atoms with Crippen molar-refractivity contribution in [3.05, 3.63) is 30.3 Å². The lowest BCUT2D eigenvalue weighted by Crippen LogP contribution is -2.32. The molecule has 2 rings (SSSR count). The van der Waals surface area contributed by atoms with Crippen molar-refractivity contribution in [1.29, 1.82) is 0 Å². The molecule has 0 spiro atoms. The summed E-state index contributed by atoms with van der Waals surface area (Å²) < 4.78 is 32.9. The number of methoxy groups -OCH3 is 2. The molecule has 0 aromatic heterocycles. The summed E-state index contributed by atoms with van der Waals surface area (Å²) in [4.78, 5) is 0. The third-order valence-electron chi connectivity index (χ3n) is 3.22. The zero-order valence-corrected chi connectivity index (χ0v) is 13.3. The summed E-state index contributed by atoms with van der Waals surface area (Å²) in [5.74, 6) is 1.28. The van der Waals surface area contributed by atoms with Gasteiger partial charge in [0.15, 0.2) is 11.5 Å². The second-order valence-electron chi connectivity index (χ2n) is 4.89. The van der Waals surface area contributed by atoms with Crippen molar-refractivity contribution in [3.63, 3.8) is 0 Å². The van der Waals surface area contributed by atoms with Gasteiger partial charge in [-0.3, -0.25) is 8.86 Å². The van der Waals surface area contributed by atoms with Crippen molar-refractivity contribution in [1.82, 2.24) is 0 Å². The molecule has 0 aliphatic carbocycles. The molecule has 6 heteroatoms. The molecule has 0 radical (unpaired) electrons. The van der Waals surface area contributed by atoms with Crippen molar-refractivity contribution in [2.24, 2.45) is 0 Å². The van der Waals surface area contributed by atoms with Crippen LogP contribution >= 0.6 is 0 Å². The summed E-state index contributed by atoms with van der Waals surface area (Å²) in [5, 5.41) is 1.89. The lowest BCUT2D eigenvalue weighted by atomic mass is 10.1. The van der Waals surface area contributed by atoms with E-state index >= 15 is 0 Å². The molecule has 0 aliphatic heterocycles. The minimum atomic E-state index is -2.06. The number of nitrogens with zero attached hydrogens (tertiary/aromatic N) is 1. The number of anilines is 1. The number of fused-ring (bicyclic) bond motifs is 1. The summed E-state index contributed by atoms with van der Waals surface area (Å²) in [5.41, 5.74) is 0.686. The number of benzene rings is 2. The highest BCUT2D eigenvalue weighted by Crippen LogP contribution is 2.34. The van der Waals surface area contributed by atoms with Gasteiger partial charge in [-0.15, -0.1) is 0 Å². The van der Waals surface area contributed by atoms with Gasteiger partial charge in [0.05, 0.1) is 19.9 Å². The largest absolute Gasteiger partial charge is 0.493 e. The standard InChI is InChI=1S/C15H19NO4S/c1-10(2)16(21(17)18)13-6-5-11-8-14(19-3)15(20-4)9-12(11)7-13/h5-10H,1-4H3,(H,17,18). The van der Waals surface area contributed by atoms with E-state index in [0.717, 1.165) is 10.8 Å². The van der Waals surface area contributed by atoms with Gasteiger partial charge >= 0.3 is 0 Å². The molecule has 0 saturated heterocycles. The van der Waals surface area contributed by atoms with Crippen LogP contribution in [0.15, 0.2) is 30.3 Å². The predicted molar refractivity (Wildman–Crippen MR) is 85.4 cm³/mol. The lowest BCUT2D eigenvalue weighted by Gasteiger charge is -2.24. The summed E-state index contributed by atoms with van der Waals surface area (Å²) in [6.45, 7) is 3.74. The molecule has 0 aliphatic rings. The van der Waals surface area contributed by atoms with E-state index in [1.165, 1.54) is 4.31 Å². The van der Waals surface area contributed by atoms with Gasteiger partial charge in [0.2, 0.25) is 0 Å². The summed E-state index contributed by atoms with van der Waals surface area (Å²) in [6.07, 6.45) is 0. The second-order valence-corrected chi connectivity index (χ2v) is 5.74. The highest BCUT2D eigenvalue weighted by molar-refractivity contribution is 7.80. The molecule has 21 heavy (non-hydrogen) atoms. The minimum absolute atomic E-state index is 0.0894. The first-order valence-electron chi connectivity index (χ1n) is 6.54. The fourth-order valence-electron chi connectivity index (χ4n) is 2.27. The summed E-state index contributed by atoms with van der Waals surface area (Å²) in [7, 11) is 3.17. The average molecular weight is 309 g/mol. The van der Waals surface area contributed by atoms with Crippen LogP contribution in [0, 0.1) is 0 Å². The van der Waals surface area contributed by atoms with E-state index in [1.807, 2.05) is 44.2 Å². The smallest absolute Gasteiger partial charge is 0.262 e. The summed E-state index contributed by atoms with van der Waals surface area (Å²) in [6, 6.07) is 9.24. The zero-order chi connectivity index (χ0) is 15.6. The molecule has 1 N–H and O–H groups in total. The van der Waals surface area contributed by atoms with E-state index in [-0.39, 0.29) is 6.04 Å². The zero-order valence-electron chi connectivity index (χ0n) is 12.5. The quantitative estimate of drug-likeness (QED) is 0.862. The van der Waals surface area contributed by atoms with E-state index in [2.05, 4.69) is 0 Å². The molecule has 5 nitrogen and oxygen atoms in total. The Morgan fingerprint density at radius 3 is 2.10 bits per heavy atom. The molecular weight excluding hydrogens is 290 g/mol. The van der Waals surface area contributed by atoms with Crippen molar-refractivity contribution in [2.45, 2.75) is 19.9 Å². The van der Waals surface area contributed by atoms with Crippen molar-refractivity contribution >= 4 is 27.7 Å². The SMILES string of the molecule is COc1cc2ccc(N(C(C)C)S(=O)O)cc2cc1OC. The first kappa shape index (κ1) is 15.6.